The lowest BCUT2D eigenvalue weighted by atomic mass is 10.00. The molecule has 0 bridgehead atoms. The van der Waals surface area contributed by atoms with Crippen LogP contribution >= 0.6 is 15.9 Å². The molecular weight excluding hydrogens is 300 g/mol. The van der Waals surface area contributed by atoms with E-state index >= 15 is 0 Å². The minimum atomic E-state index is 0.438. The van der Waals surface area contributed by atoms with E-state index in [1.54, 1.807) is 0 Å². The van der Waals surface area contributed by atoms with E-state index in [0.29, 0.717) is 4.83 Å². The quantitative estimate of drug-likeness (QED) is 0.734. The number of nitrogens with zero attached hydrogens (tertiary/aromatic N) is 2. The molecule has 100 valence electrons. The molecule has 19 heavy (non-hydrogen) atoms. The molecule has 1 aliphatic carbocycles. The largest absolute Gasteiger partial charge is 0.241 e. The predicted octanol–water partition coefficient (Wildman–Crippen LogP) is 4.89. The summed E-state index contributed by atoms with van der Waals surface area (Å²) in [4.78, 5) is 0.438. The minimum absolute atomic E-state index is 0.438. The zero-order valence-electron chi connectivity index (χ0n) is 11.0. The van der Waals surface area contributed by atoms with Crippen LogP contribution in [0.1, 0.15) is 42.5 Å². The van der Waals surface area contributed by atoms with Crippen LogP contribution in [0.4, 0.5) is 0 Å². The van der Waals surface area contributed by atoms with E-state index in [2.05, 4.69) is 39.4 Å². The number of hydrogen-bond donors (Lipinski definition) is 0. The summed E-state index contributed by atoms with van der Waals surface area (Å²) in [6, 6.07) is 10.3. The highest BCUT2D eigenvalue weighted by atomic mass is 79.9. The smallest absolute Gasteiger partial charge is 0.0645 e. The average Bonchev–Trinajstić information content (AvgIpc) is 3.10. The maximum Gasteiger partial charge on any atom is 0.0645 e. The molecule has 1 unspecified atom stereocenters. The topological polar surface area (TPSA) is 17.8 Å². The summed E-state index contributed by atoms with van der Waals surface area (Å²) in [7, 11) is 0. The van der Waals surface area contributed by atoms with Crippen molar-refractivity contribution in [1.82, 2.24) is 9.78 Å². The maximum absolute atomic E-state index is 4.47. The van der Waals surface area contributed by atoms with Crippen LogP contribution in [0.3, 0.4) is 0 Å². The van der Waals surface area contributed by atoms with Crippen molar-refractivity contribution in [2.45, 2.75) is 36.9 Å². The molecule has 0 amide bonds. The molecule has 1 heterocycles. The summed E-state index contributed by atoms with van der Waals surface area (Å²) in [6.45, 7) is 0. The third-order valence-electron chi connectivity index (χ3n) is 4.00. The molecule has 1 fully saturated rings. The highest BCUT2D eigenvalue weighted by Gasteiger charge is 2.20. The Labute approximate surface area is 123 Å². The SMILES string of the molecule is BrC(CC1CCCC1)c1cnn(-c2ccccc2)c1. The van der Waals surface area contributed by atoms with Crippen LogP contribution in [-0.4, -0.2) is 9.78 Å². The molecule has 3 rings (SSSR count). The fraction of sp³-hybridized carbons (Fsp3) is 0.438. The zero-order valence-corrected chi connectivity index (χ0v) is 12.6. The molecular formula is C16H19BrN2. The Morgan fingerprint density at radius 3 is 2.68 bits per heavy atom. The summed E-state index contributed by atoms with van der Waals surface area (Å²) in [6.07, 6.45) is 11.0. The van der Waals surface area contributed by atoms with E-state index in [0.717, 1.165) is 11.6 Å². The molecule has 1 aliphatic rings. The van der Waals surface area contributed by atoms with Crippen molar-refractivity contribution in [1.29, 1.82) is 0 Å². The molecule has 0 spiro atoms. The van der Waals surface area contributed by atoms with Gasteiger partial charge in [-0.2, -0.15) is 5.10 Å². The van der Waals surface area contributed by atoms with Gasteiger partial charge in [0, 0.05) is 16.6 Å². The van der Waals surface area contributed by atoms with Crippen LogP contribution in [0.15, 0.2) is 42.7 Å². The van der Waals surface area contributed by atoms with Crippen molar-refractivity contribution in [3.8, 4) is 5.69 Å². The molecule has 1 saturated carbocycles. The van der Waals surface area contributed by atoms with Crippen molar-refractivity contribution in [2.75, 3.05) is 0 Å². The molecule has 1 atom stereocenters. The third-order valence-corrected chi connectivity index (χ3v) is 4.90. The Kier molecular flexibility index (Phi) is 4.02. The summed E-state index contributed by atoms with van der Waals surface area (Å²) in [5.41, 5.74) is 2.41. The Balaban J connectivity index is 1.70. The van der Waals surface area contributed by atoms with E-state index in [9.17, 15) is 0 Å². The third kappa shape index (κ3) is 3.08. The number of hydrogen-bond acceptors (Lipinski definition) is 1. The Bertz CT molecular complexity index is 515. The van der Waals surface area contributed by atoms with Gasteiger partial charge < -0.3 is 0 Å². The lowest BCUT2D eigenvalue weighted by Gasteiger charge is -2.13. The van der Waals surface area contributed by atoms with Gasteiger partial charge in [-0.1, -0.05) is 59.8 Å². The van der Waals surface area contributed by atoms with Crippen molar-refractivity contribution >= 4 is 15.9 Å². The van der Waals surface area contributed by atoms with Gasteiger partial charge in [0.05, 0.1) is 11.9 Å². The fourth-order valence-electron chi connectivity index (χ4n) is 2.90. The second-order valence-corrected chi connectivity index (χ2v) is 6.51. The Hall–Kier alpha value is -1.09. The van der Waals surface area contributed by atoms with E-state index in [-0.39, 0.29) is 0 Å². The second-order valence-electron chi connectivity index (χ2n) is 5.41. The standard InChI is InChI=1S/C16H19BrN2/c17-16(10-13-6-4-5-7-13)14-11-18-19(12-14)15-8-2-1-3-9-15/h1-3,8-9,11-13,16H,4-7,10H2. The monoisotopic (exact) mass is 318 g/mol. The average molecular weight is 319 g/mol. The van der Waals surface area contributed by atoms with Gasteiger partial charge in [-0.15, -0.1) is 0 Å². The van der Waals surface area contributed by atoms with Gasteiger partial charge >= 0.3 is 0 Å². The first-order valence-corrected chi connectivity index (χ1v) is 7.98. The number of alkyl halides is 1. The van der Waals surface area contributed by atoms with Crippen LogP contribution in [0.5, 0.6) is 0 Å². The van der Waals surface area contributed by atoms with Crippen LogP contribution in [0, 0.1) is 5.92 Å². The van der Waals surface area contributed by atoms with E-state index in [1.807, 2.05) is 29.1 Å². The summed E-state index contributed by atoms with van der Waals surface area (Å²) >= 11 is 3.83. The molecule has 0 aliphatic heterocycles. The number of benzene rings is 1. The lowest BCUT2D eigenvalue weighted by Crippen LogP contribution is -1.98. The summed E-state index contributed by atoms with van der Waals surface area (Å²) in [5.74, 6) is 0.893. The van der Waals surface area contributed by atoms with Crippen LogP contribution in [0.2, 0.25) is 0 Å². The fourth-order valence-corrected chi connectivity index (χ4v) is 3.66. The zero-order chi connectivity index (χ0) is 13.1. The van der Waals surface area contributed by atoms with E-state index < -0.39 is 0 Å². The normalized spacial score (nSPS) is 17.7. The molecule has 0 radical (unpaired) electrons. The number of halogens is 1. The number of para-hydroxylation sites is 1. The highest BCUT2D eigenvalue weighted by molar-refractivity contribution is 9.09. The van der Waals surface area contributed by atoms with E-state index in [1.165, 1.54) is 37.7 Å². The van der Waals surface area contributed by atoms with Gasteiger partial charge in [0.2, 0.25) is 0 Å². The van der Waals surface area contributed by atoms with Crippen molar-refractivity contribution in [3.63, 3.8) is 0 Å². The number of rotatable bonds is 4. The van der Waals surface area contributed by atoms with Crippen molar-refractivity contribution in [3.05, 3.63) is 48.3 Å². The molecule has 3 heteroatoms. The van der Waals surface area contributed by atoms with Gasteiger partial charge in [0.15, 0.2) is 0 Å². The van der Waals surface area contributed by atoms with Gasteiger partial charge in [-0.3, -0.25) is 0 Å². The first-order chi connectivity index (χ1) is 9.33. The van der Waals surface area contributed by atoms with Gasteiger partial charge in [-0.25, -0.2) is 4.68 Å². The first kappa shape index (κ1) is 12.9. The molecule has 2 nitrogen and oxygen atoms in total. The molecule has 1 aromatic heterocycles. The molecule has 2 aromatic rings. The summed E-state index contributed by atoms with van der Waals surface area (Å²) < 4.78 is 1.96. The minimum Gasteiger partial charge on any atom is -0.241 e. The van der Waals surface area contributed by atoms with Crippen molar-refractivity contribution in [2.24, 2.45) is 5.92 Å². The van der Waals surface area contributed by atoms with Crippen LogP contribution in [-0.2, 0) is 0 Å². The maximum atomic E-state index is 4.47. The number of aromatic nitrogens is 2. The van der Waals surface area contributed by atoms with Gasteiger partial charge in [-0.05, 0) is 24.5 Å². The Morgan fingerprint density at radius 1 is 1.21 bits per heavy atom. The molecule has 0 N–H and O–H groups in total. The van der Waals surface area contributed by atoms with Crippen LogP contribution in [0.25, 0.3) is 5.69 Å². The molecule has 1 aromatic carbocycles. The summed E-state index contributed by atoms with van der Waals surface area (Å²) in [5, 5.41) is 4.47. The van der Waals surface area contributed by atoms with E-state index in [4.69, 9.17) is 0 Å². The van der Waals surface area contributed by atoms with Gasteiger partial charge in [0.1, 0.15) is 0 Å². The second kappa shape index (κ2) is 5.91. The Morgan fingerprint density at radius 2 is 1.95 bits per heavy atom. The van der Waals surface area contributed by atoms with Crippen molar-refractivity contribution < 1.29 is 0 Å². The van der Waals surface area contributed by atoms with Crippen LogP contribution < -0.4 is 0 Å². The van der Waals surface area contributed by atoms with Gasteiger partial charge in [0.25, 0.3) is 0 Å². The first-order valence-electron chi connectivity index (χ1n) is 7.07. The molecule has 0 saturated heterocycles. The highest BCUT2D eigenvalue weighted by Crippen LogP contribution is 2.37. The predicted molar refractivity (Wildman–Crippen MR) is 81.8 cm³/mol. The lowest BCUT2D eigenvalue weighted by molar-refractivity contribution is 0.502.